The summed E-state index contributed by atoms with van der Waals surface area (Å²) in [5.74, 6) is 0.766. The van der Waals surface area contributed by atoms with Crippen LogP contribution in [0.2, 0.25) is 5.02 Å². The van der Waals surface area contributed by atoms with Crippen molar-refractivity contribution in [3.8, 4) is 17.0 Å². The van der Waals surface area contributed by atoms with E-state index in [1.807, 2.05) is 42.6 Å². The van der Waals surface area contributed by atoms with Gasteiger partial charge in [0.1, 0.15) is 12.4 Å². The Labute approximate surface area is 206 Å². The lowest BCUT2D eigenvalue weighted by molar-refractivity contribution is -0.134. The molecule has 0 bridgehead atoms. The number of nitrogens with zero attached hydrogens (tertiary/aromatic N) is 6. The van der Waals surface area contributed by atoms with E-state index in [0.29, 0.717) is 54.3 Å². The standard InChI is InChI=1S/C24H24ClN7O3/c1-35-21-12-16(30-8-10-31(11-9-30)22(34)15-33)5-6-19(21)28-24-26-14-18(25)23(29-24)17-13-27-32-7-3-2-4-20(17)32/h2-7,12-14,33H,8-11,15H2,1H3,(H,26,28,29). The number of ether oxygens (including phenoxy) is 1. The van der Waals surface area contributed by atoms with Gasteiger partial charge < -0.3 is 25.0 Å². The lowest BCUT2D eigenvalue weighted by atomic mass is 10.2. The fourth-order valence-electron chi connectivity index (χ4n) is 4.15. The Morgan fingerprint density at radius 2 is 2.00 bits per heavy atom. The van der Waals surface area contributed by atoms with Crippen LogP contribution in [-0.4, -0.2) is 75.4 Å². The van der Waals surface area contributed by atoms with E-state index >= 15 is 0 Å². The molecule has 0 atom stereocenters. The number of benzene rings is 1. The molecule has 0 aliphatic carbocycles. The number of aliphatic hydroxyl groups excluding tert-OH is 1. The molecule has 35 heavy (non-hydrogen) atoms. The van der Waals surface area contributed by atoms with Gasteiger partial charge in [0, 0.05) is 49.7 Å². The number of aliphatic hydroxyl groups is 1. The molecular formula is C24H24ClN7O3. The number of nitrogens with one attached hydrogen (secondary N) is 1. The summed E-state index contributed by atoms with van der Waals surface area (Å²) in [4.78, 5) is 24.6. The van der Waals surface area contributed by atoms with Gasteiger partial charge in [0.2, 0.25) is 11.9 Å². The number of rotatable bonds is 6. The van der Waals surface area contributed by atoms with Crippen LogP contribution in [0.3, 0.4) is 0 Å². The van der Waals surface area contributed by atoms with Crippen molar-refractivity contribution in [3.63, 3.8) is 0 Å². The number of carbonyl (C=O) groups is 1. The molecule has 1 saturated heterocycles. The molecule has 3 aromatic heterocycles. The van der Waals surface area contributed by atoms with Crippen LogP contribution >= 0.6 is 11.6 Å². The van der Waals surface area contributed by atoms with Crippen LogP contribution in [0.15, 0.2) is 55.0 Å². The van der Waals surface area contributed by atoms with Gasteiger partial charge in [-0.2, -0.15) is 5.10 Å². The third kappa shape index (κ3) is 4.58. The van der Waals surface area contributed by atoms with Crippen LogP contribution in [-0.2, 0) is 4.79 Å². The second-order valence-corrected chi connectivity index (χ2v) is 8.42. The van der Waals surface area contributed by atoms with Gasteiger partial charge in [-0.15, -0.1) is 0 Å². The molecule has 2 N–H and O–H groups in total. The minimum absolute atomic E-state index is 0.242. The number of anilines is 3. The van der Waals surface area contributed by atoms with E-state index < -0.39 is 6.61 Å². The van der Waals surface area contributed by atoms with Crippen LogP contribution in [0.5, 0.6) is 5.75 Å². The van der Waals surface area contributed by atoms with E-state index in [2.05, 4.69) is 25.3 Å². The molecule has 4 heterocycles. The average molecular weight is 494 g/mol. The molecule has 1 fully saturated rings. The summed E-state index contributed by atoms with van der Waals surface area (Å²) in [6, 6.07) is 11.6. The first-order valence-electron chi connectivity index (χ1n) is 11.1. The molecule has 5 rings (SSSR count). The quantitative estimate of drug-likeness (QED) is 0.422. The smallest absolute Gasteiger partial charge is 0.248 e. The van der Waals surface area contributed by atoms with E-state index in [1.54, 1.807) is 28.9 Å². The number of methoxy groups -OCH3 is 1. The minimum atomic E-state index is -0.458. The third-order valence-electron chi connectivity index (χ3n) is 5.99. The molecule has 0 saturated carbocycles. The zero-order valence-electron chi connectivity index (χ0n) is 19.1. The summed E-state index contributed by atoms with van der Waals surface area (Å²) in [6.45, 7) is 2.01. The number of carbonyl (C=O) groups excluding carboxylic acids is 1. The van der Waals surface area contributed by atoms with Crippen molar-refractivity contribution in [2.45, 2.75) is 0 Å². The Morgan fingerprint density at radius 1 is 1.17 bits per heavy atom. The summed E-state index contributed by atoms with van der Waals surface area (Å²) in [5.41, 5.74) is 3.96. The highest BCUT2D eigenvalue weighted by atomic mass is 35.5. The van der Waals surface area contributed by atoms with Crippen molar-refractivity contribution >= 4 is 40.3 Å². The van der Waals surface area contributed by atoms with Gasteiger partial charge in [0.05, 0.1) is 41.4 Å². The second kappa shape index (κ2) is 9.77. The first kappa shape index (κ1) is 22.9. The minimum Gasteiger partial charge on any atom is -0.494 e. The number of pyridine rings is 1. The largest absolute Gasteiger partial charge is 0.494 e. The SMILES string of the molecule is COc1cc(N2CCN(C(=O)CO)CC2)ccc1Nc1ncc(Cl)c(-c2cnn3ccccc23)n1. The monoisotopic (exact) mass is 493 g/mol. The summed E-state index contributed by atoms with van der Waals surface area (Å²) in [5, 5.41) is 17.1. The molecular weight excluding hydrogens is 470 g/mol. The first-order valence-corrected chi connectivity index (χ1v) is 11.5. The van der Waals surface area contributed by atoms with Crippen molar-refractivity contribution in [1.29, 1.82) is 0 Å². The predicted octanol–water partition coefficient (Wildman–Crippen LogP) is 2.84. The Kier molecular flexibility index (Phi) is 6.39. The highest BCUT2D eigenvalue weighted by Crippen LogP contribution is 2.34. The molecule has 1 amide bonds. The molecule has 0 radical (unpaired) electrons. The molecule has 0 spiro atoms. The number of hydrogen-bond donors (Lipinski definition) is 2. The van der Waals surface area contributed by atoms with Crippen molar-refractivity contribution in [2.24, 2.45) is 0 Å². The van der Waals surface area contributed by atoms with Crippen LogP contribution < -0.4 is 15.0 Å². The van der Waals surface area contributed by atoms with Crippen molar-refractivity contribution < 1.29 is 14.6 Å². The van der Waals surface area contributed by atoms with Gasteiger partial charge in [-0.25, -0.2) is 14.5 Å². The van der Waals surface area contributed by atoms with Crippen molar-refractivity contribution in [3.05, 3.63) is 60.0 Å². The summed E-state index contributed by atoms with van der Waals surface area (Å²) < 4.78 is 7.39. The second-order valence-electron chi connectivity index (χ2n) is 8.01. The maximum absolute atomic E-state index is 11.7. The number of fused-ring (bicyclic) bond motifs is 1. The van der Waals surface area contributed by atoms with Gasteiger partial charge in [-0.1, -0.05) is 17.7 Å². The third-order valence-corrected chi connectivity index (χ3v) is 6.27. The summed E-state index contributed by atoms with van der Waals surface area (Å²) >= 11 is 6.44. The van der Waals surface area contributed by atoms with E-state index in [1.165, 1.54) is 0 Å². The Bertz CT molecular complexity index is 1370. The zero-order chi connectivity index (χ0) is 24.4. The van der Waals surface area contributed by atoms with Crippen molar-refractivity contribution in [2.75, 3.05) is 50.1 Å². The molecule has 1 aliphatic heterocycles. The Balaban J connectivity index is 1.37. The number of aromatic nitrogens is 4. The first-order chi connectivity index (χ1) is 17.1. The number of piperazine rings is 1. The van der Waals surface area contributed by atoms with Crippen LogP contribution in [0.1, 0.15) is 0 Å². The van der Waals surface area contributed by atoms with E-state index in [0.717, 1.165) is 16.8 Å². The van der Waals surface area contributed by atoms with Crippen LogP contribution in [0.25, 0.3) is 16.8 Å². The Morgan fingerprint density at radius 3 is 2.77 bits per heavy atom. The molecule has 4 aromatic rings. The molecule has 1 aromatic carbocycles. The topological polar surface area (TPSA) is 108 Å². The normalized spacial score (nSPS) is 13.8. The fourth-order valence-corrected chi connectivity index (χ4v) is 4.34. The van der Waals surface area contributed by atoms with Gasteiger partial charge in [-0.3, -0.25) is 4.79 Å². The molecule has 10 nitrogen and oxygen atoms in total. The maximum atomic E-state index is 11.7. The van der Waals surface area contributed by atoms with Gasteiger partial charge in [0.15, 0.2) is 0 Å². The highest BCUT2D eigenvalue weighted by molar-refractivity contribution is 6.33. The lowest BCUT2D eigenvalue weighted by Crippen LogP contribution is -2.49. The molecule has 1 aliphatic rings. The molecule has 11 heteroatoms. The fraction of sp³-hybridized carbons (Fsp3) is 0.250. The van der Waals surface area contributed by atoms with E-state index in [9.17, 15) is 4.79 Å². The van der Waals surface area contributed by atoms with Gasteiger partial charge >= 0.3 is 0 Å². The number of hydrogen-bond acceptors (Lipinski definition) is 8. The molecule has 180 valence electrons. The summed E-state index contributed by atoms with van der Waals surface area (Å²) in [6.07, 6.45) is 5.16. The van der Waals surface area contributed by atoms with Gasteiger partial charge in [-0.05, 0) is 24.3 Å². The lowest BCUT2D eigenvalue weighted by Gasteiger charge is -2.36. The summed E-state index contributed by atoms with van der Waals surface area (Å²) in [7, 11) is 1.61. The van der Waals surface area contributed by atoms with E-state index in [-0.39, 0.29) is 5.91 Å². The van der Waals surface area contributed by atoms with Gasteiger partial charge in [0.25, 0.3) is 0 Å². The maximum Gasteiger partial charge on any atom is 0.248 e. The number of halogens is 1. The zero-order valence-corrected chi connectivity index (χ0v) is 19.8. The van der Waals surface area contributed by atoms with Crippen molar-refractivity contribution in [1.82, 2.24) is 24.5 Å². The van der Waals surface area contributed by atoms with Crippen LogP contribution in [0, 0.1) is 0 Å². The highest BCUT2D eigenvalue weighted by Gasteiger charge is 2.21. The van der Waals surface area contributed by atoms with Crippen LogP contribution in [0.4, 0.5) is 17.3 Å². The number of amides is 1. The average Bonchev–Trinajstić information content (AvgIpc) is 3.33. The van der Waals surface area contributed by atoms with E-state index in [4.69, 9.17) is 21.4 Å². The Hall–Kier alpha value is -3.89. The predicted molar refractivity (Wildman–Crippen MR) is 133 cm³/mol. The molecule has 0 unspecified atom stereocenters.